The molecule has 2 N–H and O–H groups in total. The van der Waals surface area contributed by atoms with Crippen molar-refractivity contribution < 1.29 is 14.3 Å². The molecule has 2 aliphatic heterocycles. The molecule has 12 heteroatoms. The van der Waals surface area contributed by atoms with Gasteiger partial charge in [0.15, 0.2) is 17.4 Å². The molecular weight excluding hydrogens is 516 g/mol. The van der Waals surface area contributed by atoms with Crippen molar-refractivity contribution in [1.29, 1.82) is 0 Å². The third-order valence-corrected chi connectivity index (χ3v) is 6.45. The van der Waals surface area contributed by atoms with Crippen molar-refractivity contribution in [3.63, 3.8) is 0 Å². The average molecular weight is 539 g/mol. The van der Waals surface area contributed by atoms with Gasteiger partial charge in [-0.3, -0.25) is 9.59 Å². The number of aromatic nitrogens is 4. The lowest BCUT2D eigenvalue weighted by molar-refractivity contribution is -0.129. The van der Waals surface area contributed by atoms with Gasteiger partial charge in [0.05, 0.1) is 4.47 Å². The lowest BCUT2D eigenvalue weighted by atomic mass is 10.1. The van der Waals surface area contributed by atoms with Gasteiger partial charge < -0.3 is 25.2 Å². The number of carbonyl (C=O) groups excluding carboxylic acids is 2. The zero-order chi connectivity index (χ0) is 24.4. The van der Waals surface area contributed by atoms with Gasteiger partial charge in [0.1, 0.15) is 0 Å². The van der Waals surface area contributed by atoms with Crippen LogP contribution in [0.5, 0.6) is 0 Å². The number of anilines is 4. The summed E-state index contributed by atoms with van der Waals surface area (Å²) in [6.07, 6.45) is 5.43. The van der Waals surface area contributed by atoms with E-state index in [1.165, 1.54) is 0 Å². The van der Waals surface area contributed by atoms with Gasteiger partial charge in [-0.15, -0.1) is 10.2 Å². The topological polar surface area (TPSA) is 125 Å². The van der Waals surface area contributed by atoms with Gasteiger partial charge in [-0.2, -0.15) is 0 Å². The third-order valence-electron chi connectivity index (χ3n) is 6.04. The van der Waals surface area contributed by atoms with Crippen molar-refractivity contribution in [3.8, 4) is 0 Å². The van der Waals surface area contributed by atoms with Gasteiger partial charge in [-0.05, 0) is 47.0 Å². The fourth-order valence-corrected chi connectivity index (χ4v) is 4.36. The number of carbonyl (C=O) groups is 2. The maximum absolute atomic E-state index is 12.2. The van der Waals surface area contributed by atoms with Crippen molar-refractivity contribution in [2.45, 2.75) is 18.9 Å². The van der Waals surface area contributed by atoms with Gasteiger partial charge in [-0.1, -0.05) is 6.58 Å². The molecule has 11 nitrogen and oxygen atoms in total. The minimum atomic E-state index is -0.590. The van der Waals surface area contributed by atoms with Crippen LogP contribution < -0.4 is 20.4 Å². The number of nitrogens with zero attached hydrogens (tertiary/aromatic N) is 6. The van der Waals surface area contributed by atoms with E-state index in [-0.39, 0.29) is 18.3 Å². The predicted molar refractivity (Wildman–Crippen MR) is 135 cm³/mol. The lowest BCUT2D eigenvalue weighted by Crippen LogP contribution is -2.38. The number of hydrogen-bond donors (Lipinski definition) is 2. The molecule has 2 saturated heterocycles. The molecule has 0 bridgehead atoms. The first-order chi connectivity index (χ1) is 17.0. The van der Waals surface area contributed by atoms with Gasteiger partial charge in [0.25, 0.3) is 12.4 Å². The van der Waals surface area contributed by atoms with Crippen molar-refractivity contribution in [3.05, 3.63) is 47.4 Å². The first-order valence-corrected chi connectivity index (χ1v) is 12.0. The van der Waals surface area contributed by atoms with E-state index in [4.69, 9.17) is 0 Å². The van der Waals surface area contributed by atoms with Gasteiger partial charge >= 0.3 is 0 Å². The zero-order valence-electron chi connectivity index (χ0n) is 18.8. The summed E-state index contributed by atoms with van der Waals surface area (Å²) in [5, 5.41) is 17.1. The lowest BCUT2D eigenvalue weighted by Gasteiger charge is -2.33. The monoisotopic (exact) mass is 538 g/mol. The summed E-state index contributed by atoms with van der Waals surface area (Å²) >= 11 is 3.35. The third kappa shape index (κ3) is 4.87. The molecule has 2 aliphatic rings. The molecule has 2 fully saturated rings. The number of rotatable bonds is 8. The summed E-state index contributed by atoms with van der Waals surface area (Å²) in [5.74, 6) is 1.29. The molecule has 4 heterocycles. The summed E-state index contributed by atoms with van der Waals surface area (Å²) in [6.45, 7) is 6.99. The average Bonchev–Trinajstić information content (AvgIpc) is 3.28. The van der Waals surface area contributed by atoms with Crippen LogP contribution in [-0.2, 0) is 14.3 Å². The SMILES string of the molecule is C=C(OC=O)C(=O)Nc1ccc2c(N3CCC(Nc4ncc(Br)cn4)C3)nnc(N3CCC3)c2c1. The fourth-order valence-electron chi connectivity index (χ4n) is 4.15. The van der Waals surface area contributed by atoms with Crippen LogP contribution in [0, 0.1) is 0 Å². The number of ether oxygens (including phenoxy) is 1. The molecule has 0 aliphatic carbocycles. The van der Waals surface area contributed by atoms with Crippen LogP contribution in [0.1, 0.15) is 12.8 Å². The van der Waals surface area contributed by atoms with Crippen LogP contribution in [-0.4, -0.2) is 64.8 Å². The molecule has 1 aromatic carbocycles. The van der Waals surface area contributed by atoms with E-state index in [0.717, 1.165) is 65.9 Å². The van der Waals surface area contributed by atoms with Crippen LogP contribution in [0.2, 0.25) is 0 Å². The summed E-state index contributed by atoms with van der Waals surface area (Å²) in [6, 6.07) is 5.76. The molecule has 1 amide bonds. The molecule has 1 unspecified atom stereocenters. The van der Waals surface area contributed by atoms with E-state index in [9.17, 15) is 9.59 Å². The normalized spacial score (nSPS) is 17.1. The Hall–Kier alpha value is -3.80. The molecule has 0 spiro atoms. The summed E-state index contributed by atoms with van der Waals surface area (Å²) in [5.41, 5.74) is 0.548. The molecule has 3 aromatic rings. The number of fused-ring (bicyclic) bond motifs is 1. The second kappa shape index (κ2) is 9.82. The number of benzene rings is 1. The Kier molecular flexibility index (Phi) is 6.45. The molecule has 35 heavy (non-hydrogen) atoms. The van der Waals surface area contributed by atoms with Crippen LogP contribution >= 0.6 is 15.9 Å². The summed E-state index contributed by atoms with van der Waals surface area (Å²) in [4.78, 5) is 35.7. The van der Waals surface area contributed by atoms with E-state index in [2.05, 4.69) is 67.8 Å². The van der Waals surface area contributed by atoms with Gasteiger partial charge in [0.2, 0.25) is 5.95 Å². The second-order valence-electron chi connectivity index (χ2n) is 8.34. The van der Waals surface area contributed by atoms with Gasteiger partial charge in [-0.25, -0.2) is 9.97 Å². The van der Waals surface area contributed by atoms with Crippen LogP contribution in [0.15, 0.2) is 47.4 Å². The van der Waals surface area contributed by atoms with E-state index in [0.29, 0.717) is 11.6 Å². The highest BCUT2D eigenvalue weighted by molar-refractivity contribution is 9.10. The van der Waals surface area contributed by atoms with E-state index >= 15 is 0 Å². The number of hydrogen-bond acceptors (Lipinski definition) is 10. The quantitative estimate of drug-likeness (QED) is 0.251. The Morgan fingerprint density at radius 3 is 2.54 bits per heavy atom. The van der Waals surface area contributed by atoms with Crippen LogP contribution in [0.25, 0.3) is 10.8 Å². The zero-order valence-corrected chi connectivity index (χ0v) is 20.4. The Balaban J connectivity index is 1.40. The van der Waals surface area contributed by atoms with Crippen LogP contribution in [0.3, 0.4) is 0 Å². The van der Waals surface area contributed by atoms with E-state index < -0.39 is 5.91 Å². The first-order valence-electron chi connectivity index (χ1n) is 11.2. The highest BCUT2D eigenvalue weighted by Crippen LogP contribution is 2.35. The first kappa shape index (κ1) is 23.0. The van der Waals surface area contributed by atoms with Crippen molar-refractivity contribution in [2.24, 2.45) is 0 Å². The smallest absolute Gasteiger partial charge is 0.298 e. The number of nitrogens with one attached hydrogen (secondary N) is 2. The largest absolute Gasteiger partial charge is 0.423 e. The molecule has 5 rings (SSSR count). The van der Waals surface area contributed by atoms with Gasteiger partial charge in [0, 0.05) is 61.1 Å². The minimum absolute atomic E-state index is 0.172. The molecule has 1 atom stereocenters. The predicted octanol–water partition coefficient (Wildman–Crippen LogP) is 2.71. The minimum Gasteiger partial charge on any atom is -0.423 e. The maximum atomic E-state index is 12.2. The number of amides is 1. The molecule has 2 aromatic heterocycles. The Bertz CT molecular complexity index is 1280. The molecule has 0 radical (unpaired) electrons. The standard InChI is InChI=1S/C23H23BrN8O3/c1-14(35-13-33)22(34)27-16-3-4-18-19(9-16)21(31-6-2-7-31)30-29-20(18)32-8-5-17(12-32)28-23-25-10-15(24)11-26-23/h3-4,9-11,13,17H,1-2,5-8,12H2,(H,27,34)(H,25,26,28). The Labute approximate surface area is 209 Å². The van der Waals surface area contributed by atoms with Crippen LogP contribution in [0.4, 0.5) is 23.3 Å². The van der Waals surface area contributed by atoms with E-state index in [1.54, 1.807) is 18.5 Å². The molecule has 180 valence electrons. The van der Waals surface area contributed by atoms with E-state index in [1.807, 2.05) is 12.1 Å². The number of halogens is 1. The second-order valence-corrected chi connectivity index (χ2v) is 9.26. The molecular formula is C23H23BrN8O3. The summed E-state index contributed by atoms with van der Waals surface area (Å²) in [7, 11) is 0. The maximum Gasteiger partial charge on any atom is 0.298 e. The fraction of sp³-hybridized carbons (Fsp3) is 0.304. The summed E-state index contributed by atoms with van der Waals surface area (Å²) < 4.78 is 5.39. The Morgan fingerprint density at radius 1 is 1.11 bits per heavy atom. The Morgan fingerprint density at radius 2 is 1.86 bits per heavy atom. The highest BCUT2D eigenvalue weighted by atomic mass is 79.9. The van der Waals surface area contributed by atoms with Crippen molar-refractivity contribution in [1.82, 2.24) is 20.2 Å². The molecule has 0 saturated carbocycles. The van der Waals surface area contributed by atoms with Crippen molar-refractivity contribution in [2.75, 3.05) is 46.6 Å². The highest BCUT2D eigenvalue weighted by Gasteiger charge is 2.28. The van der Waals surface area contributed by atoms with Crippen molar-refractivity contribution >= 4 is 62.4 Å².